The number of allylic oxidation sites excluding steroid dienone is 2. The fraction of sp³-hybridized carbons (Fsp3) is 0.545. The third-order valence-electron chi connectivity index (χ3n) is 6.65. The van der Waals surface area contributed by atoms with Crippen LogP contribution in [0.3, 0.4) is 0 Å². The normalized spacial score (nSPS) is 32.0. The van der Waals surface area contributed by atoms with Crippen molar-refractivity contribution < 1.29 is 19.1 Å². The van der Waals surface area contributed by atoms with Gasteiger partial charge in [-0.25, -0.2) is 0 Å². The maximum atomic E-state index is 11.5. The minimum atomic E-state index is -0.284. The minimum Gasteiger partial charge on any atom is -0.462 e. The molecule has 4 nitrogen and oxygen atoms in total. The van der Waals surface area contributed by atoms with E-state index in [1.54, 1.807) is 0 Å². The number of ether oxygens (including phenoxy) is 2. The van der Waals surface area contributed by atoms with E-state index >= 15 is 0 Å². The molecule has 26 heavy (non-hydrogen) atoms. The zero-order valence-electron chi connectivity index (χ0n) is 15.7. The van der Waals surface area contributed by atoms with Crippen LogP contribution in [0, 0.1) is 17.3 Å². The first-order valence-corrected chi connectivity index (χ1v) is 9.57. The summed E-state index contributed by atoms with van der Waals surface area (Å²) in [5.41, 5.74) is 4.06. The Hall–Kier alpha value is -2.10. The lowest BCUT2D eigenvalue weighted by Crippen LogP contribution is -2.41. The zero-order chi connectivity index (χ0) is 18.5. The molecule has 4 atom stereocenters. The maximum Gasteiger partial charge on any atom is 0.308 e. The lowest BCUT2D eigenvalue weighted by Gasteiger charge is -2.46. The number of hydrogen-bond donors (Lipinski definition) is 0. The van der Waals surface area contributed by atoms with Gasteiger partial charge in [-0.05, 0) is 72.8 Å². The number of carbonyl (C=O) groups excluding carboxylic acids is 2. The van der Waals surface area contributed by atoms with Gasteiger partial charge in [0.2, 0.25) is 0 Å². The van der Waals surface area contributed by atoms with Crippen LogP contribution in [0.5, 0.6) is 5.75 Å². The molecular formula is C22H26O4. The SMILES string of the molecule is CC(=O)Oc1ccc2c(c1)CC[C@@H]1C2=CC[C@@]2(C)[C@@H](OC(C)=O)CC[C@H]12. The third kappa shape index (κ3) is 2.76. The summed E-state index contributed by atoms with van der Waals surface area (Å²) in [6.07, 6.45) is 7.55. The van der Waals surface area contributed by atoms with Crippen molar-refractivity contribution in [3.05, 3.63) is 35.4 Å². The lowest BCUT2D eigenvalue weighted by atomic mass is 9.60. The van der Waals surface area contributed by atoms with Crippen LogP contribution in [0.2, 0.25) is 0 Å². The van der Waals surface area contributed by atoms with Gasteiger partial charge in [0.1, 0.15) is 11.9 Å². The largest absolute Gasteiger partial charge is 0.462 e. The molecule has 0 amide bonds. The molecule has 0 bridgehead atoms. The van der Waals surface area contributed by atoms with E-state index in [4.69, 9.17) is 9.47 Å². The molecule has 0 unspecified atom stereocenters. The molecule has 0 spiro atoms. The van der Waals surface area contributed by atoms with Crippen LogP contribution in [-0.4, -0.2) is 18.0 Å². The molecule has 4 heteroatoms. The molecular weight excluding hydrogens is 328 g/mol. The second-order valence-electron chi connectivity index (χ2n) is 8.21. The van der Waals surface area contributed by atoms with Gasteiger partial charge in [-0.2, -0.15) is 0 Å². The van der Waals surface area contributed by atoms with Crippen molar-refractivity contribution in [3.63, 3.8) is 0 Å². The topological polar surface area (TPSA) is 52.6 Å². The fourth-order valence-electron chi connectivity index (χ4n) is 5.53. The van der Waals surface area contributed by atoms with E-state index in [1.807, 2.05) is 12.1 Å². The quantitative estimate of drug-likeness (QED) is 0.587. The Morgan fingerprint density at radius 3 is 2.65 bits per heavy atom. The van der Waals surface area contributed by atoms with Crippen molar-refractivity contribution in [3.8, 4) is 5.75 Å². The summed E-state index contributed by atoms with van der Waals surface area (Å²) in [6.45, 7) is 5.24. The van der Waals surface area contributed by atoms with Crippen LogP contribution in [-0.2, 0) is 20.7 Å². The van der Waals surface area contributed by atoms with Crippen molar-refractivity contribution >= 4 is 17.5 Å². The average Bonchev–Trinajstić information content (AvgIpc) is 2.90. The van der Waals surface area contributed by atoms with E-state index in [2.05, 4.69) is 19.1 Å². The number of carbonyl (C=O) groups is 2. The predicted molar refractivity (Wildman–Crippen MR) is 98.5 cm³/mol. The Bertz CT molecular complexity index is 793. The Morgan fingerprint density at radius 1 is 1.12 bits per heavy atom. The summed E-state index contributed by atoms with van der Waals surface area (Å²) in [5, 5.41) is 0. The van der Waals surface area contributed by atoms with Crippen molar-refractivity contribution in [2.75, 3.05) is 0 Å². The van der Waals surface area contributed by atoms with E-state index in [0.717, 1.165) is 32.1 Å². The molecule has 138 valence electrons. The predicted octanol–water partition coefficient (Wildman–Crippen LogP) is 4.31. The van der Waals surface area contributed by atoms with Gasteiger partial charge >= 0.3 is 11.9 Å². The van der Waals surface area contributed by atoms with Crippen LogP contribution in [0.25, 0.3) is 5.57 Å². The first-order valence-electron chi connectivity index (χ1n) is 9.57. The summed E-state index contributed by atoms with van der Waals surface area (Å²) < 4.78 is 10.9. The van der Waals surface area contributed by atoms with Crippen LogP contribution in [0.1, 0.15) is 57.6 Å². The van der Waals surface area contributed by atoms with Crippen LogP contribution in [0.15, 0.2) is 24.3 Å². The van der Waals surface area contributed by atoms with Gasteiger partial charge in [0, 0.05) is 19.3 Å². The van der Waals surface area contributed by atoms with E-state index < -0.39 is 0 Å². The second-order valence-corrected chi connectivity index (χ2v) is 8.21. The van der Waals surface area contributed by atoms with Gasteiger partial charge in [0.15, 0.2) is 0 Å². The van der Waals surface area contributed by atoms with Crippen LogP contribution >= 0.6 is 0 Å². The number of fused-ring (bicyclic) bond motifs is 5. The summed E-state index contributed by atoms with van der Waals surface area (Å²) in [6, 6.07) is 6.01. The van der Waals surface area contributed by atoms with E-state index in [1.165, 1.54) is 30.5 Å². The summed E-state index contributed by atoms with van der Waals surface area (Å²) >= 11 is 0. The Balaban J connectivity index is 1.65. The molecule has 0 heterocycles. The molecule has 3 aliphatic carbocycles. The molecule has 0 aromatic heterocycles. The van der Waals surface area contributed by atoms with Crippen molar-refractivity contribution in [2.24, 2.45) is 17.3 Å². The van der Waals surface area contributed by atoms with Crippen LogP contribution in [0.4, 0.5) is 0 Å². The molecule has 1 fully saturated rings. The summed E-state index contributed by atoms with van der Waals surface area (Å²) in [5.74, 6) is 1.27. The molecule has 0 N–H and O–H groups in total. The Kier molecular flexibility index (Phi) is 4.17. The van der Waals surface area contributed by atoms with E-state index in [0.29, 0.717) is 17.6 Å². The van der Waals surface area contributed by atoms with E-state index in [-0.39, 0.29) is 23.5 Å². The van der Waals surface area contributed by atoms with Crippen molar-refractivity contribution in [2.45, 2.75) is 59.0 Å². The highest BCUT2D eigenvalue weighted by molar-refractivity contribution is 5.75. The molecule has 0 aliphatic heterocycles. The first kappa shape index (κ1) is 17.3. The molecule has 0 saturated heterocycles. The summed E-state index contributed by atoms with van der Waals surface area (Å²) in [7, 11) is 0. The molecule has 1 aromatic rings. The molecule has 4 rings (SSSR count). The second kappa shape index (κ2) is 6.26. The standard InChI is InChI=1S/C22H26O4/c1-13(23)25-16-5-7-17-15(12-16)4-6-19-18(17)10-11-22(3)20(19)8-9-21(22)26-14(2)24/h5,7,10,12,19-21H,4,6,8-9,11H2,1-3H3/t19-,20-,21+,22-/m1/s1. The van der Waals surface area contributed by atoms with Crippen molar-refractivity contribution in [1.29, 1.82) is 0 Å². The number of benzene rings is 1. The van der Waals surface area contributed by atoms with Gasteiger partial charge in [0.05, 0.1) is 0 Å². The molecule has 1 saturated carbocycles. The van der Waals surface area contributed by atoms with Gasteiger partial charge in [0.25, 0.3) is 0 Å². The highest BCUT2D eigenvalue weighted by Crippen LogP contribution is 2.59. The number of aryl methyl sites for hydroxylation is 1. The first-order chi connectivity index (χ1) is 12.4. The van der Waals surface area contributed by atoms with E-state index in [9.17, 15) is 9.59 Å². The highest BCUT2D eigenvalue weighted by atomic mass is 16.5. The Morgan fingerprint density at radius 2 is 1.92 bits per heavy atom. The zero-order valence-corrected chi connectivity index (χ0v) is 15.7. The monoisotopic (exact) mass is 354 g/mol. The molecule has 3 aliphatic rings. The molecule has 1 aromatic carbocycles. The number of esters is 2. The molecule has 0 radical (unpaired) electrons. The minimum absolute atomic E-state index is 0.0375. The van der Waals surface area contributed by atoms with Gasteiger partial charge < -0.3 is 9.47 Å². The lowest BCUT2D eigenvalue weighted by molar-refractivity contribution is -0.152. The van der Waals surface area contributed by atoms with Crippen LogP contribution < -0.4 is 4.74 Å². The number of hydrogen-bond acceptors (Lipinski definition) is 4. The highest BCUT2D eigenvalue weighted by Gasteiger charge is 2.53. The van der Waals surface area contributed by atoms with Gasteiger partial charge in [-0.3, -0.25) is 9.59 Å². The third-order valence-corrected chi connectivity index (χ3v) is 6.65. The smallest absolute Gasteiger partial charge is 0.308 e. The van der Waals surface area contributed by atoms with Gasteiger partial charge in [-0.15, -0.1) is 0 Å². The fourth-order valence-corrected chi connectivity index (χ4v) is 5.53. The maximum absolute atomic E-state index is 11.5. The number of rotatable bonds is 2. The van der Waals surface area contributed by atoms with Crippen molar-refractivity contribution in [1.82, 2.24) is 0 Å². The average molecular weight is 354 g/mol. The summed E-state index contributed by atoms with van der Waals surface area (Å²) in [4.78, 5) is 22.7. The Labute approximate surface area is 154 Å². The van der Waals surface area contributed by atoms with Gasteiger partial charge in [-0.1, -0.05) is 19.1 Å².